The first-order chi connectivity index (χ1) is 18.0. The van der Waals surface area contributed by atoms with Gasteiger partial charge in [0.1, 0.15) is 23.1 Å². The molecule has 1 aliphatic rings. The summed E-state index contributed by atoms with van der Waals surface area (Å²) in [6.45, 7) is 4.98. The molecule has 4 rings (SSSR count). The van der Waals surface area contributed by atoms with Crippen molar-refractivity contribution in [1.82, 2.24) is 14.8 Å². The third-order valence-corrected chi connectivity index (χ3v) is 8.20. The molecule has 0 unspecified atom stereocenters. The normalized spacial score (nSPS) is 12.9. The molecule has 3 aromatic rings. The zero-order valence-electron chi connectivity index (χ0n) is 21.4. The van der Waals surface area contributed by atoms with Gasteiger partial charge in [0, 0.05) is 11.4 Å². The molecule has 1 N–H and O–H groups in total. The SMILES string of the molecule is CCOC(=O)c1c(NC(=O)CSc2nnc(COc3ccc(OC)cc3)n2CC)sc2c1CCCCC2. The number of esters is 1. The molecule has 198 valence electrons. The largest absolute Gasteiger partial charge is 0.497 e. The molecule has 0 atom stereocenters. The Balaban J connectivity index is 1.39. The van der Waals surface area contributed by atoms with Crippen LogP contribution in [0.2, 0.25) is 0 Å². The van der Waals surface area contributed by atoms with E-state index in [1.165, 1.54) is 28.0 Å². The lowest BCUT2D eigenvalue weighted by atomic mass is 10.1. The number of aryl methyl sites for hydroxylation is 1. The van der Waals surface area contributed by atoms with E-state index in [-0.39, 0.29) is 24.2 Å². The maximum atomic E-state index is 12.9. The molecule has 0 fully saturated rings. The van der Waals surface area contributed by atoms with Crippen LogP contribution in [0.5, 0.6) is 11.5 Å². The highest BCUT2D eigenvalue weighted by Gasteiger charge is 2.26. The minimum Gasteiger partial charge on any atom is -0.497 e. The van der Waals surface area contributed by atoms with Crippen LogP contribution >= 0.6 is 23.1 Å². The minimum absolute atomic E-state index is 0.141. The molecule has 0 bridgehead atoms. The van der Waals surface area contributed by atoms with E-state index >= 15 is 0 Å². The summed E-state index contributed by atoms with van der Waals surface area (Å²) in [6.07, 6.45) is 5.05. The summed E-state index contributed by atoms with van der Waals surface area (Å²) in [4.78, 5) is 26.8. The van der Waals surface area contributed by atoms with Gasteiger partial charge in [0.05, 0.1) is 25.0 Å². The van der Waals surface area contributed by atoms with Crippen molar-refractivity contribution in [2.75, 3.05) is 24.8 Å². The number of methoxy groups -OCH3 is 1. The molecule has 0 saturated carbocycles. The smallest absolute Gasteiger partial charge is 0.341 e. The number of benzene rings is 1. The first-order valence-corrected chi connectivity index (χ1v) is 14.3. The van der Waals surface area contributed by atoms with E-state index in [1.807, 2.05) is 35.8 Å². The molecule has 37 heavy (non-hydrogen) atoms. The number of thiophene rings is 1. The van der Waals surface area contributed by atoms with Crippen molar-refractivity contribution in [3.05, 3.63) is 46.1 Å². The van der Waals surface area contributed by atoms with Gasteiger partial charge in [0.15, 0.2) is 11.0 Å². The average molecular weight is 545 g/mol. The van der Waals surface area contributed by atoms with Crippen molar-refractivity contribution in [2.45, 2.75) is 64.3 Å². The number of anilines is 1. The molecule has 1 aliphatic carbocycles. The molecule has 0 saturated heterocycles. The summed E-state index contributed by atoms with van der Waals surface area (Å²) < 4.78 is 18.3. The molecule has 2 aromatic heterocycles. The van der Waals surface area contributed by atoms with Crippen LogP contribution in [0.4, 0.5) is 5.00 Å². The van der Waals surface area contributed by atoms with Gasteiger partial charge >= 0.3 is 5.97 Å². The Morgan fingerprint density at radius 1 is 1.08 bits per heavy atom. The van der Waals surface area contributed by atoms with Crippen molar-refractivity contribution in [2.24, 2.45) is 0 Å². The number of thioether (sulfide) groups is 1. The number of hydrogen-bond acceptors (Lipinski definition) is 9. The van der Waals surface area contributed by atoms with Crippen LogP contribution in [0.1, 0.15) is 59.7 Å². The Kier molecular flexibility index (Phi) is 9.45. The van der Waals surface area contributed by atoms with E-state index in [0.29, 0.717) is 40.4 Å². The van der Waals surface area contributed by atoms with Gasteiger partial charge in [-0.2, -0.15) is 0 Å². The number of nitrogens with one attached hydrogen (secondary N) is 1. The number of carbonyl (C=O) groups excluding carboxylic acids is 2. The first kappa shape index (κ1) is 27.0. The molecule has 2 heterocycles. The number of carbonyl (C=O) groups is 2. The zero-order valence-corrected chi connectivity index (χ0v) is 23.0. The van der Waals surface area contributed by atoms with E-state index < -0.39 is 0 Å². The molecule has 1 aromatic carbocycles. The lowest BCUT2D eigenvalue weighted by molar-refractivity contribution is -0.113. The maximum absolute atomic E-state index is 12.9. The van der Waals surface area contributed by atoms with Crippen LogP contribution in [-0.4, -0.2) is 46.1 Å². The van der Waals surface area contributed by atoms with E-state index in [4.69, 9.17) is 14.2 Å². The molecular formula is C26H32N4O5S2. The quantitative estimate of drug-likeness (QED) is 0.201. The molecule has 9 nitrogen and oxygen atoms in total. The van der Waals surface area contributed by atoms with Gasteiger partial charge in [-0.15, -0.1) is 21.5 Å². The first-order valence-electron chi connectivity index (χ1n) is 12.5. The van der Waals surface area contributed by atoms with E-state index in [9.17, 15) is 9.59 Å². The van der Waals surface area contributed by atoms with Crippen molar-refractivity contribution >= 4 is 40.0 Å². The molecule has 0 aliphatic heterocycles. The summed E-state index contributed by atoms with van der Waals surface area (Å²) in [5.74, 6) is 1.71. The third-order valence-electron chi connectivity index (χ3n) is 6.02. The van der Waals surface area contributed by atoms with Gasteiger partial charge in [-0.25, -0.2) is 4.79 Å². The van der Waals surface area contributed by atoms with Gasteiger partial charge in [-0.3, -0.25) is 4.79 Å². The monoisotopic (exact) mass is 544 g/mol. The zero-order chi connectivity index (χ0) is 26.2. The second-order valence-electron chi connectivity index (χ2n) is 8.43. The van der Waals surface area contributed by atoms with Gasteiger partial charge < -0.3 is 24.1 Å². The fourth-order valence-electron chi connectivity index (χ4n) is 4.21. The van der Waals surface area contributed by atoms with Gasteiger partial charge in [-0.05, 0) is 69.4 Å². The fourth-order valence-corrected chi connectivity index (χ4v) is 6.33. The van der Waals surface area contributed by atoms with Gasteiger partial charge in [0.2, 0.25) is 5.91 Å². The number of aromatic nitrogens is 3. The number of fused-ring (bicyclic) bond motifs is 1. The summed E-state index contributed by atoms with van der Waals surface area (Å²) in [7, 11) is 1.62. The molecule has 0 radical (unpaired) electrons. The van der Waals surface area contributed by atoms with E-state index in [2.05, 4.69) is 15.5 Å². The van der Waals surface area contributed by atoms with Crippen molar-refractivity contribution in [3.63, 3.8) is 0 Å². The predicted octanol–water partition coefficient (Wildman–Crippen LogP) is 5.12. The van der Waals surface area contributed by atoms with Crippen LogP contribution in [0.3, 0.4) is 0 Å². The molecule has 11 heteroatoms. The predicted molar refractivity (Wildman–Crippen MR) is 144 cm³/mol. The highest BCUT2D eigenvalue weighted by atomic mass is 32.2. The summed E-state index contributed by atoms with van der Waals surface area (Å²) in [6, 6.07) is 7.33. The Bertz CT molecular complexity index is 1220. The fraction of sp³-hybridized carbons (Fsp3) is 0.462. The Labute approximate surface area is 224 Å². The number of hydrogen-bond donors (Lipinski definition) is 1. The topological polar surface area (TPSA) is 105 Å². The van der Waals surface area contributed by atoms with Crippen LogP contribution in [0, 0.1) is 0 Å². The number of rotatable bonds is 11. The van der Waals surface area contributed by atoms with Crippen molar-refractivity contribution in [1.29, 1.82) is 0 Å². The lowest BCUT2D eigenvalue weighted by Gasteiger charge is -2.10. The van der Waals surface area contributed by atoms with Crippen LogP contribution in [0.15, 0.2) is 29.4 Å². The number of amides is 1. The number of ether oxygens (including phenoxy) is 3. The maximum Gasteiger partial charge on any atom is 0.341 e. The minimum atomic E-state index is -0.364. The van der Waals surface area contributed by atoms with Crippen LogP contribution in [-0.2, 0) is 35.5 Å². The summed E-state index contributed by atoms with van der Waals surface area (Å²) >= 11 is 2.80. The van der Waals surface area contributed by atoms with Gasteiger partial charge in [0.25, 0.3) is 0 Å². The third kappa shape index (κ3) is 6.64. The standard InChI is InChI=1S/C26H32N4O5S2/c1-4-30-21(15-35-18-13-11-17(33-3)12-14-18)28-29-26(30)36-16-22(31)27-24-23(25(32)34-5-2)19-9-7-6-8-10-20(19)37-24/h11-14H,4-10,15-16H2,1-3H3,(H,27,31). The van der Waals surface area contributed by atoms with Crippen molar-refractivity contribution < 1.29 is 23.8 Å². The molecular weight excluding hydrogens is 512 g/mol. The highest BCUT2D eigenvalue weighted by Crippen LogP contribution is 2.38. The molecule has 0 spiro atoms. The summed E-state index contributed by atoms with van der Waals surface area (Å²) in [5, 5.41) is 12.7. The summed E-state index contributed by atoms with van der Waals surface area (Å²) in [5.41, 5.74) is 1.56. The lowest BCUT2D eigenvalue weighted by Crippen LogP contribution is -2.17. The molecule has 1 amide bonds. The Morgan fingerprint density at radius 3 is 2.57 bits per heavy atom. The van der Waals surface area contributed by atoms with Crippen LogP contribution in [0.25, 0.3) is 0 Å². The number of nitrogens with zero attached hydrogens (tertiary/aromatic N) is 3. The van der Waals surface area contributed by atoms with E-state index in [0.717, 1.165) is 43.4 Å². The Hall–Kier alpha value is -3.05. The van der Waals surface area contributed by atoms with Crippen molar-refractivity contribution in [3.8, 4) is 11.5 Å². The second kappa shape index (κ2) is 13.0. The van der Waals surface area contributed by atoms with E-state index in [1.54, 1.807) is 14.0 Å². The average Bonchev–Trinajstić information content (AvgIpc) is 3.38. The Morgan fingerprint density at radius 2 is 1.84 bits per heavy atom. The van der Waals surface area contributed by atoms with Gasteiger partial charge in [-0.1, -0.05) is 18.2 Å². The van der Waals surface area contributed by atoms with Crippen LogP contribution < -0.4 is 14.8 Å². The second-order valence-corrected chi connectivity index (χ2v) is 10.5. The highest BCUT2D eigenvalue weighted by molar-refractivity contribution is 7.99.